The highest BCUT2D eigenvalue weighted by Crippen LogP contribution is 2.27. The fourth-order valence-electron chi connectivity index (χ4n) is 3.74. The van der Waals surface area contributed by atoms with Crippen LogP contribution in [-0.2, 0) is 19.1 Å². The number of nitrogens with one attached hydrogen (secondary N) is 2. The van der Waals surface area contributed by atoms with Gasteiger partial charge < -0.3 is 20.3 Å². The summed E-state index contributed by atoms with van der Waals surface area (Å²) < 4.78 is 5.29. The summed E-state index contributed by atoms with van der Waals surface area (Å²) >= 11 is 5.38. The van der Waals surface area contributed by atoms with Crippen LogP contribution in [0.5, 0.6) is 0 Å². The number of amides is 2. The van der Waals surface area contributed by atoms with Crippen molar-refractivity contribution in [3.05, 3.63) is 0 Å². The SMILES string of the molecule is CCC(C)OC(=O)CC1C(=O)NCCN1C(=S)NC(=O)CCC1CCCCC1. The summed E-state index contributed by atoms with van der Waals surface area (Å²) in [7, 11) is 0. The molecule has 2 fully saturated rings. The van der Waals surface area contributed by atoms with E-state index in [1.54, 1.807) is 4.90 Å². The Morgan fingerprint density at radius 2 is 2.04 bits per heavy atom. The minimum absolute atomic E-state index is 0.0890. The number of ether oxygens (including phenoxy) is 1. The molecule has 2 rings (SSSR count). The number of esters is 1. The molecule has 1 aliphatic carbocycles. The van der Waals surface area contributed by atoms with Crippen LogP contribution in [0.1, 0.15) is 71.6 Å². The molecule has 1 saturated carbocycles. The predicted octanol–water partition coefficient (Wildman–Crippen LogP) is 2.28. The average molecular weight is 412 g/mol. The van der Waals surface area contributed by atoms with Gasteiger partial charge in [0.15, 0.2) is 5.11 Å². The molecule has 1 heterocycles. The van der Waals surface area contributed by atoms with Gasteiger partial charge in [0.2, 0.25) is 11.8 Å². The summed E-state index contributed by atoms with van der Waals surface area (Å²) in [6.45, 7) is 4.62. The molecule has 1 saturated heterocycles. The lowest BCUT2D eigenvalue weighted by molar-refractivity contribution is -0.151. The molecule has 2 amide bonds. The zero-order valence-electron chi connectivity index (χ0n) is 17.0. The molecule has 2 atom stereocenters. The van der Waals surface area contributed by atoms with E-state index in [9.17, 15) is 14.4 Å². The summed E-state index contributed by atoms with van der Waals surface area (Å²) in [6.07, 6.45) is 7.93. The first kappa shape index (κ1) is 22.6. The van der Waals surface area contributed by atoms with Crippen LogP contribution >= 0.6 is 12.2 Å². The van der Waals surface area contributed by atoms with Crippen LogP contribution in [0.4, 0.5) is 0 Å². The maximum atomic E-state index is 12.3. The number of hydrogen-bond donors (Lipinski definition) is 2. The molecule has 0 aromatic rings. The van der Waals surface area contributed by atoms with Gasteiger partial charge in [0.1, 0.15) is 6.04 Å². The second-order valence-corrected chi connectivity index (χ2v) is 8.20. The summed E-state index contributed by atoms with van der Waals surface area (Å²) in [5, 5.41) is 5.71. The average Bonchev–Trinajstić information content (AvgIpc) is 2.68. The Balaban J connectivity index is 1.86. The molecule has 0 aromatic carbocycles. The fourth-order valence-corrected chi connectivity index (χ4v) is 4.07. The van der Waals surface area contributed by atoms with Crippen LogP contribution in [0.15, 0.2) is 0 Å². The first-order valence-corrected chi connectivity index (χ1v) is 10.9. The van der Waals surface area contributed by atoms with E-state index in [0.29, 0.717) is 31.8 Å². The second kappa shape index (κ2) is 11.3. The molecule has 158 valence electrons. The Morgan fingerprint density at radius 1 is 1.32 bits per heavy atom. The number of nitrogens with zero attached hydrogens (tertiary/aromatic N) is 1. The van der Waals surface area contributed by atoms with E-state index in [1.165, 1.54) is 32.1 Å². The maximum absolute atomic E-state index is 12.3. The van der Waals surface area contributed by atoms with Crippen molar-refractivity contribution in [1.82, 2.24) is 15.5 Å². The van der Waals surface area contributed by atoms with Crippen LogP contribution in [0, 0.1) is 5.92 Å². The van der Waals surface area contributed by atoms with E-state index >= 15 is 0 Å². The third-order valence-electron chi connectivity index (χ3n) is 5.61. The van der Waals surface area contributed by atoms with Gasteiger partial charge in [-0.2, -0.15) is 0 Å². The van der Waals surface area contributed by atoms with E-state index in [2.05, 4.69) is 10.6 Å². The first-order valence-electron chi connectivity index (χ1n) is 10.5. The van der Waals surface area contributed by atoms with Crippen LogP contribution < -0.4 is 10.6 Å². The molecule has 0 radical (unpaired) electrons. The van der Waals surface area contributed by atoms with E-state index in [-0.39, 0.29) is 29.5 Å². The van der Waals surface area contributed by atoms with Crippen molar-refractivity contribution in [2.45, 2.75) is 83.8 Å². The number of carbonyl (C=O) groups excluding carboxylic acids is 3. The standard InChI is InChI=1S/C20H33N3O4S/c1-3-14(2)27-18(25)13-16-19(26)21-11-12-23(16)20(28)22-17(24)10-9-15-7-5-4-6-8-15/h14-16H,3-13H2,1-2H3,(H,21,26)(H,22,24,28). The Morgan fingerprint density at radius 3 is 2.71 bits per heavy atom. The Bertz CT molecular complexity index is 578. The molecule has 2 unspecified atom stereocenters. The predicted molar refractivity (Wildman–Crippen MR) is 111 cm³/mol. The van der Waals surface area contributed by atoms with Gasteiger partial charge in [-0.05, 0) is 37.9 Å². The zero-order valence-corrected chi connectivity index (χ0v) is 17.8. The number of rotatable bonds is 7. The summed E-state index contributed by atoms with van der Waals surface area (Å²) in [4.78, 5) is 38.4. The van der Waals surface area contributed by atoms with Crippen LogP contribution in [0.2, 0.25) is 0 Å². The third kappa shape index (κ3) is 7.04. The van der Waals surface area contributed by atoms with Gasteiger partial charge in [0, 0.05) is 19.5 Å². The molecule has 1 aliphatic heterocycles. The highest BCUT2D eigenvalue weighted by atomic mass is 32.1. The van der Waals surface area contributed by atoms with Crippen molar-refractivity contribution in [1.29, 1.82) is 0 Å². The normalized spacial score (nSPS) is 21.6. The van der Waals surface area contributed by atoms with Gasteiger partial charge in [-0.25, -0.2) is 0 Å². The van der Waals surface area contributed by atoms with Crippen molar-refractivity contribution >= 4 is 35.1 Å². The Hall–Kier alpha value is -1.70. The van der Waals surface area contributed by atoms with Gasteiger partial charge in [0.05, 0.1) is 12.5 Å². The lowest BCUT2D eigenvalue weighted by Crippen LogP contribution is -2.60. The van der Waals surface area contributed by atoms with Crippen LogP contribution in [-0.4, -0.2) is 53.0 Å². The summed E-state index contributed by atoms with van der Waals surface area (Å²) in [5.74, 6) is -0.210. The van der Waals surface area contributed by atoms with E-state index in [4.69, 9.17) is 17.0 Å². The molecule has 0 bridgehead atoms. The third-order valence-corrected chi connectivity index (χ3v) is 5.95. The van der Waals surface area contributed by atoms with Crippen LogP contribution in [0.25, 0.3) is 0 Å². The van der Waals surface area contributed by atoms with Crippen molar-refractivity contribution < 1.29 is 19.1 Å². The molecule has 0 spiro atoms. The van der Waals surface area contributed by atoms with Crippen molar-refractivity contribution in [3.8, 4) is 0 Å². The van der Waals surface area contributed by atoms with Crippen molar-refractivity contribution in [2.24, 2.45) is 5.92 Å². The topological polar surface area (TPSA) is 87.7 Å². The highest BCUT2D eigenvalue weighted by molar-refractivity contribution is 7.80. The van der Waals surface area contributed by atoms with E-state index in [1.807, 2.05) is 13.8 Å². The van der Waals surface area contributed by atoms with Crippen molar-refractivity contribution in [3.63, 3.8) is 0 Å². The minimum Gasteiger partial charge on any atom is -0.463 e. The molecule has 28 heavy (non-hydrogen) atoms. The highest BCUT2D eigenvalue weighted by Gasteiger charge is 2.34. The molecular formula is C20H33N3O4S. The number of carbonyl (C=O) groups is 3. The Kier molecular flexibility index (Phi) is 9.15. The molecule has 0 aromatic heterocycles. The summed E-state index contributed by atoms with van der Waals surface area (Å²) in [6, 6.07) is -0.753. The second-order valence-electron chi connectivity index (χ2n) is 7.81. The lowest BCUT2D eigenvalue weighted by Gasteiger charge is -2.36. The minimum atomic E-state index is -0.753. The molecule has 8 heteroatoms. The van der Waals surface area contributed by atoms with Gasteiger partial charge in [0.25, 0.3) is 0 Å². The lowest BCUT2D eigenvalue weighted by atomic mass is 9.86. The van der Waals surface area contributed by atoms with Crippen LogP contribution in [0.3, 0.4) is 0 Å². The maximum Gasteiger partial charge on any atom is 0.308 e. The van der Waals surface area contributed by atoms with E-state index < -0.39 is 12.0 Å². The molecular weight excluding hydrogens is 378 g/mol. The monoisotopic (exact) mass is 411 g/mol. The van der Waals surface area contributed by atoms with E-state index in [0.717, 1.165) is 6.42 Å². The summed E-state index contributed by atoms with van der Waals surface area (Å²) in [5.41, 5.74) is 0. The fraction of sp³-hybridized carbons (Fsp3) is 0.800. The van der Waals surface area contributed by atoms with Gasteiger partial charge in [-0.15, -0.1) is 0 Å². The quantitative estimate of drug-likeness (QED) is 0.494. The Labute approximate surface area is 172 Å². The molecule has 2 N–H and O–H groups in total. The van der Waals surface area contributed by atoms with Crippen molar-refractivity contribution in [2.75, 3.05) is 13.1 Å². The smallest absolute Gasteiger partial charge is 0.308 e. The largest absolute Gasteiger partial charge is 0.463 e. The van der Waals surface area contributed by atoms with Gasteiger partial charge in [-0.3, -0.25) is 14.4 Å². The number of piperazine rings is 1. The number of hydrogen-bond acceptors (Lipinski definition) is 5. The number of thiocarbonyl (C=S) groups is 1. The molecule has 7 nitrogen and oxygen atoms in total. The van der Waals surface area contributed by atoms with Gasteiger partial charge in [-0.1, -0.05) is 39.0 Å². The zero-order chi connectivity index (χ0) is 20.5. The first-order chi connectivity index (χ1) is 13.4. The molecule has 2 aliphatic rings. The van der Waals surface area contributed by atoms with Gasteiger partial charge >= 0.3 is 5.97 Å².